The molecule has 0 aliphatic heterocycles. The quantitative estimate of drug-likeness (QED) is 0.563. The fraction of sp³-hybridized carbons (Fsp3) is 1.00. The van der Waals surface area contributed by atoms with E-state index in [-0.39, 0.29) is 6.10 Å². The Balaban J connectivity index is 2.95. The van der Waals surface area contributed by atoms with Crippen LogP contribution in [0.25, 0.3) is 0 Å². The van der Waals surface area contributed by atoms with Crippen molar-refractivity contribution < 1.29 is 9.47 Å². The van der Waals surface area contributed by atoms with Gasteiger partial charge >= 0.3 is 0 Å². The number of ether oxygens (including phenoxy) is 2. The van der Waals surface area contributed by atoms with Gasteiger partial charge in [-0.3, -0.25) is 0 Å². The van der Waals surface area contributed by atoms with Crippen LogP contribution in [-0.2, 0) is 9.47 Å². The lowest BCUT2D eigenvalue weighted by atomic mass is 10.4. The molecule has 0 aromatic carbocycles. The third-order valence-electron chi connectivity index (χ3n) is 1.01. The molecule has 56 valence electrons. The first-order chi connectivity index (χ1) is 4.31. The Kier molecular flexibility index (Phi) is 5.99. The summed E-state index contributed by atoms with van der Waals surface area (Å²) in [6, 6.07) is 0. The first-order valence-corrected chi connectivity index (χ1v) is 3.50. The van der Waals surface area contributed by atoms with Crippen LogP contribution in [0, 0.1) is 0 Å². The van der Waals surface area contributed by atoms with Crippen LogP contribution in [0.5, 0.6) is 0 Å². The smallest absolute Gasteiger partial charge is 0.0780 e. The summed E-state index contributed by atoms with van der Waals surface area (Å²) in [6.07, 6.45) is 0.245. The van der Waals surface area contributed by atoms with Crippen LogP contribution in [0.2, 0.25) is 0 Å². The van der Waals surface area contributed by atoms with E-state index in [1.54, 1.807) is 0 Å². The fourth-order valence-electron chi connectivity index (χ4n) is 0.616. The van der Waals surface area contributed by atoms with Gasteiger partial charge in [-0.1, -0.05) is 0 Å². The van der Waals surface area contributed by atoms with Crippen LogP contribution in [-0.4, -0.2) is 25.9 Å². The van der Waals surface area contributed by atoms with E-state index in [2.05, 4.69) is 0 Å². The van der Waals surface area contributed by atoms with Gasteiger partial charge in [0.25, 0.3) is 0 Å². The molecule has 0 spiro atoms. The van der Waals surface area contributed by atoms with Crippen molar-refractivity contribution in [2.75, 3.05) is 19.8 Å². The molecule has 0 N–H and O–H groups in total. The Bertz CT molecular complexity index is 54.9. The first kappa shape index (κ1) is 8.92. The van der Waals surface area contributed by atoms with Gasteiger partial charge in [0, 0.05) is 13.2 Å². The Morgan fingerprint density at radius 3 is 2.33 bits per heavy atom. The highest BCUT2D eigenvalue weighted by molar-refractivity contribution is 4.44. The molecule has 9 heavy (non-hydrogen) atoms. The second-order valence-corrected chi connectivity index (χ2v) is 1.93. The van der Waals surface area contributed by atoms with Crippen LogP contribution in [0.15, 0.2) is 0 Å². The first-order valence-electron chi connectivity index (χ1n) is 3.50. The number of hydrogen-bond acceptors (Lipinski definition) is 2. The zero-order valence-corrected chi connectivity index (χ0v) is 6.52. The van der Waals surface area contributed by atoms with Crippen LogP contribution >= 0.6 is 0 Å². The number of rotatable bonds is 5. The molecule has 0 aromatic heterocycles. The summed E-state index contributed by atoms with van der Waals surface area (Å²) in [5, 5.41) is 0. The minimum Gasteiger partial charge on any atom is -0.379 e. The maximum atomic E-state index is 5.22. The van der Waals surface area contributed by atoms with Crippen molar-refractivity contribution in [3.63, 3.8) is 0 Å². The summed E-state index contributed by atoms with van der Waals surface area (Å²) in [4.78, 5) is 0. The average Bonchev–Trinajstić information content (AvgIpc) is 1.85. The largest absolute Gasteiger partial charge is 0.379 e. The molecule has 0 aromatic rings. The third kappa shape index (κ3) is 5.80. The minimum atomic E-state index is 0.245. The molecule has 0 rings (SSSR count). The normalized spacial score (nSPS) is 13.7. The van der Waals surface area contributed by atoms with Crippen molar-refractivity contribution in [2.24, 2.45) is 0 Å². The van der Waals surface area contributed by atoms with Crippen LogP contribution in [0.4, 0.5) is 0 Å². The second kappa shape index (κ2) is 6.05. The molecular formula is C7H16O2. The highest BCUT2D eigenvalue weighted by Gasteiger charge is 1.97. The van der Waals surface area contributed by atoms with Crippen molar-refractivity contribution in [3.05, 3.63) is 0 Å². The molecular weight excluding hydrogens is 116 g/mol. The minimum absolute atomic E-state index is 0.245. The van der Waals surface area contributed by atoms with Crippen molar-refractivity contribution >= 4 is 0 Å². The summed E-state index contributed by atoms with van der Waals surface area (Å²) in [7, 11) is 0. The van der Waals surface area contributed by atoms with E-state index in [1.165, 1.54) is 0 Å². The van der Waals surface area contributed by atoms with Gasteiger partial charge in [0.05, 0.1) is 12.7 Å². The molecule has 0 saturated heterocycles. The zero-order valence-electron chi connectivity index (χ0n) is 6.52. The summed E-state index contributed by atoms with van der Waals surface area (Å²) in [5.41, 5.74) is 0. The van der Waals surface area contributed by atoms with E-state index < -0.39 is 0 Å². The molecule has 2 nitrogen and oxygen atoms in total. The monoisotopic (exact) mass is 132 g/mol. The van der Waals surface area contributed by atoms with E-state index in [1.807, 2.05) is 20.8 Å². The average molecular weight is 132 g/mol. The molecule has 0 fully saturated rings. The van der Waals surface area contributed by atoms with E-state index in [4.69, 9.17) is 9.47 Å². The molecule has 0 aliphatic rings. The lowest BCUT2D eigenvalue weighted by molar-refractivity contribution is 0.00215. The fourth-order valence-corrected chi connectivity index (χ4v) is 0.616. The highest BCUT2D eigenvalue weighted by Crippen LogP contribution is 1.90. The van der Waals surface area contributed by atoms with E-state index in [0.717, 1.165) is 13.2 Å². The summed E-state index contributed by atoms with van der Waals surface area (Å²) < 4.78 is 10.3. The molecule has 2 heteroatoms. The molecule has 0 radical (unpaired) electrons. The van der Waals surface area contributed by atoms with Gasteiger partial charge in [-0.05, 0) is 20.8 Å². The van der Waals surface area contributed by atoms with Crippen molar-refractivity contribution in [3.8, 4) is 0 Å². The Labute approximate surface area is 57.2 Å². The zero-order chi connectivity index (χ0) is 7.11. The lowest BCUT2D eigenvalue weighted by Crippen LogP contribution is -2.15. The molecule has 0 heterocycles. The lowest BCUT2D eigenvalue weighted by Gasteiger charge is -2.09. The van der Waals surface area contributed by atoms with E-state index in [9.17, 15) is 0 Å². The number of hydrogen-bond donors (Lipinski definition) is 0. The van der Waals surface area contributed by atoms with Crippen LogP contribution in [0.1, 0.15) is 20.8 Å². The van der Waals surface area contributed by atoms with E-state index in [0.29, 0.717) is 6.61 Å². The van der Waals surface area contributed by atoms with Gasteiger partial charge in [-0.15, -0.1) is 0 Å². The van der Waals surface area contributed by atoms with Gasteiger partial charge in [-0.2, -0.15) is 0 Å². The predicted octanol–water partition coefficient (Wildman–Crippen LogP) is 1.45. The molecule has 0 amide bonds. The molecule has 0 bridgehead atoms. The molecule has 0 saturated carbocycles. The molecule has 1 atom stereocenters. The summed E-state index contributed by atoms with van der Waals surface area (Å²) >= 11 is 0. The highest BCUT2D eigenvalue weighted by atomic mass is 16.5. The Morgan fingerprint density at radius 2 is 1.89 bits per heavy atom. The van der Waals surface area contributed by atoms with E-state index >= 15 is 0 Å². The molecule has 0 aliphatic carbocycles. The Morgan fingerprint density at radius 1 is 1.22 bits per heavy atom. The van der Waals surface area contributed by atoms with Crippen molar-refractivity contribution in [1.29, 1.82) is 0 Å². The van der Waals surface area contributed by atoms with Crippen molar-refractivity contribution in [1.82, 2.24) is 0 Å². The topological polar surface area (TPSA) is 18.5 Å². The SMILES string of the molecule is CCOC[C@H](C)OCC. The predicted molar refractivity (Wildman–Crippen MR) is 37.6 cm³/mol. The van der Waals surface area contributed by atoms with Gasteiger partial charge in [-0.25, -0.2) is 0 Å². The maximum Gasteiger partial charge on any atom is 0.0780 e. The van der Waals surface area contributed by atoms with Crippen LogP contribution in [0.3, 0.4) is 0 Å². The second-order valence-electron chi connectivity index (χ2n) is 1.93. The Hall–Kier alpha value is -0.0800. The van der Waals surface area contributed by atoms with Gasteiger partial charge in [0.15, 0.2) is 0 Å². The summed E-state index contributed by atoms with van der Waals surface area (Å²) in [5.74, 6) is 0. The van der Waals surface area contributed by atoms with Crippen molar-refractivity contribution in [2.45, 2.75) is 26.9 Å². The van der Waals surface area contributed by atoms with Gasteiger partial charge < -0.3 is 9.47 Å². The molecule has 0 unspecified atom stereocenters. The van der Waals surface area contributed by atoms with Gasteiger partial charge in [0.1, 0.15) is 0 Å². The van der Waals surface area contributed by atoms with Gasteiger partial charge in [0.2, 0.25) is 0 Å². The maximum absolute atomic E-state index is 5.22. The standard InChI is InChI=1S/C7H16O2/c1-4-8-6-7(3)9-5-2/h7H,4-6H2,1-3H3/t7-/m0/s1. The third-order valence-corrected chi connectivity index (χ3v) is 1.01. The van der Waals surface area contributed by atoms with Crippen LogP contribution < -0.4 is 0 Å². The summed E-state index contributed by atoms with van der Waals surface area (Å²) in [6.45, 7) is 8.25.